The number of nitrogens with zero attached hydrogens (tertiary/aromatic N) is 1. The van der Waals surface area contributed by atoms with Crippen molar-refractivity contribution in [2.45, 2.75) is 91.2 Å². The smallest absolute Gasteiger partial charge is 0.221 e. The Hall–Kier alpha value is -0.322. The number of aliphatic imine (C=N–C) groups is 1. The standard InChI is InChI=1S/C22H41NO2Si4/c1-12-16-23-17-18-14-13-15-19(28(8,9)24-26-21(2,3)4)20(18)29(10,11)25-27-22(5,6)7/h13-15,17H,12,16H2,1-11H3. The van der Waals surface area contributed by atoms with Gasteiger partial charge in [-0.1, -0.05) is 66.7 Å². The van der Waals surface area contributed by atoms with Gasteiger partial charge in [-0.05, 0) is 58.6 Å². The maximum atomic E-state index is 6.68. The van der Waals surface area contributed by atoms with Gasteiger partial charge in [0.05, 0.1) is 0 Å². The van der Waals surface area contributed by atoms with Crippen molar-refractivity contribution in [2.24, 2.45) is 4.99 Å². The molecule has 0 bridgehead atoms. The highest BCUT2D eigenvalue weighted by atomic mass is 28.4. The van der Waals surface area contributed by atoms with Crippen LogP contribution in [0.3, 0.4) is 0 Å². The van der Waals surface area contributed by atoms with Crippen molar-refractivity contribution in [3.63, 3.8) is 0 Å². The van der Waals surface area contributed by atoms with Gasteiger partial charge in [-0.2, -0.15) is 0 Å². The molecule has 0 fully saturated rings. The molecule has 0 spiro atoms. The molecule has 0 unspecified atom stereocenters. The first-order valence-electron chi connectivity index (χ1n) is 10.6. The molecule has 3 nitrogen and oxygen atoms in total. The van der Waals surface area contributed by atoms with Crippen molar-refractivity contribution >= 4 is 52.7 Å². The highest BCUT2D eigenvalue weighted by Gasteiger charge is 2.38. The summed E-state index contributed by atoms with van der Waals surface area (Å²) in [6.07, 6.45) is 3.13. The molecule has 1 rings (SSSR count). The van der Waals surface area contributed by atoms with Crippen molar-refractivity contribution in [3.8, 4) is 0 Å². The zero-order valence-electron chi connectivity index (χ0n) is 20.5. The van der Waals surface area contributed by atoms with Gasteiger partial charge in [0.1, 0.15) is 0 Å². The third-order valence-electron chi connectivity index (χ3n) is 4.16. The molecule has 0 atom stereocenters. The average Bonchev–Trinajstić information content (AvgIpc) is 2.57. The van der Waals surface area contributed by atoms with Crippen LogP contribution in [0.25, 0.3) is 0 Å². The van der Waals surface area contributed by atoms with Crippen molar-refractivity contribution < 1.29 is 8.23 Å². The molecule has 0 saturated heterocycles. The number of hydrogen-bond donors (Lipinski definition) is 0. The third-order valence-corrected chi connectivity index (χ3v) is 14.0. The van der Waals surface area contributed by atoms with Gasteiger partial charge in [0.25, 0.3) is 0 Å². The molecule has 1 aromatic carbocycles. The molecule has 162 valence electrons. The first-order chi connectivity index (χ1) is 13.1. The lowest BCUT2D eigenvalue weighted by Gasteiger charge is -2.35. The van der Waals surface area contributed by atoms with E-state index < -0.39 is 16.6 Å². The number of benzene rings is 1. The molecule has 0 aromatic heterocycles. The van der Waals surface area contributed by atoms with E-state index >= 15 is 0 Å². The Morgan fingerprint density at radius 1 is 0.897 bits per heavy atom. The van der Waals surface area contributed by atoms with Gasteiger partial charge >= 0.3 is 0 Å². The Morgan fingerprint density at radius 2 is 1.41 bits per heavy atom. The molecular formula is C22H41NO2Si4. The summed E-state index contributed by atoms with van der Waals surface area (Å²) < 4.78 is 13.3. The SMILES string of the molecule is CCCN=Cc1cccc([Si](C)(C)O[Si]C(C)(C)C)c1[Si](C)(C)O[Si]C(C)(C)C. The fraction of sp³-hybridized carbons (Fsp3) is 0.682. The maximum Gasteiger partial charge on any atom is 0.221 e. The van der Waals surface area contributed by atoms with E-state index in [-0.39, 0.29) is 10.1 Å². The third kappa shape index (κ3) is 9.14. The van der Waals surface area contributed by atoms with E-state index in [1.807, 2.05) is 0 Å². The minimum absolute atomic E-state index is 0.173. The number of rotatable bonds is 9. The second-order valence-electron chi connectivity index (χ2n) is 10.7. The summed E-state index contributed by atoms with van der Waals surface area (Å²) in [5, 5.41) is 3.12. The highest BCUT2D eigenvalue weighted by Crippen LogP contribution is 2.24. The zero-order chi connectivity index (χ0) is 22.5. The maximum absolute atomic E-state index is 6.68. The van der Waals surface area contributed by atoms with Crippen LogP contribution in [0.2, 0.25) is 36.3 Å². The van der Waals surface area contributed by atoms with E-state index in [9.17, 15) is 0 Å². The minimum atomic E-state index is -2.14. The van der Waals surface area contributed by atoms with Gasteiger partial charge in [0.15, 0.2) is 0 Å². The van der Waals surface area contributed by atoms with Crippen LogP contribution in [0, 0.1) is 0 Å². The van der Waals surface area contributed by atoms with Crippen molar-refractivity contribution in [1.29, 1.82) is 0 Å². The van der Waals surface area contributed by atoms with E-state index in [1.165, 1.54) is 15.9 Å². The van der Waals surface area contributed by atoms with E-state index in [0.717, 1.165) is 13.0 Å². The van der Waals surface area contributed by atoms with E-state index in [2.05, 4.69) is 104 Å². The van der Waals surface area contributed by atoms with Gasteiger partial charge in [-0.25, -0.2) is 0 Å². The van der Waals surface area contributed by atoms with Crippen LogP contribution in [-0.2, 0) is 8.23 Å². The Balaban J connectivity index is 3.46. The molecule has 0 aliphatic heterocycles. The second kappa shape index (κ2) is 10.3. The highest BCUT2D eigenvalue weighted by molar-refractivity contribution is 6.97. The molecule has 29 heavy (non-hydrogen) atoms. The van der Waals surface area contributed by atoms with Gasteiger partial charge in [0.2, 0.25) is 36.2 Å². The van der Waals surface area contributed by atoms with E-state index in [1.54, 1.807) is 0 Å². The van der Waals surface area contributed by atoms with Crippen LogP contribution in [0.5, 0.6) is 0 Å². The van der Waals surface area contributed by atoms with E-state index in [4.69, 9.17) is 8.23 Å². The lowest BCUT2D eigenvalue weighted by Crippen LogP contribution is -2.63. The van der Waals surface area contributed by atoms with Crippen molar-refractivity contribution in [1.82, 2.24) is 0 Å². The normalized spacial score (nSPS) is 14.0. The Morgan fingerprint density at radius 3 is 1.90 bits per heavy atom. The Kier molecular flexibility index (Phi) is 9.51. The largest absolute Gasteiger partial charge is 0.452 e. The number of hydrogen-bond acceptors (Lipinski definition) is 3. The zero-order valence-corrected chi connectivity index (χ0v) is 24.5. The summed E-state index contributed by atoms with van der Waals surface area (Å²) in [6.45, 7) is 25.8. The van der Waals surface area contributed by atoms with Crippen LogP contribution in [-0.4, -0.2) is 48.9 Å². The predicted octanol–water partition coefficient (Wildman–Crippen LogP) is 5.05. The molecular weight excluding hydrogens is 423 g/mol. The second-order valence-corrected chi connectivity index (χ2v) is 22.9. The van der Waals surface area contributed by atoms with Gasteiger partial charge in [0, 0.05) is 12.8 Å². The quantitative estimate of drug-likeness (QED) is 0.379. The summed E-state index contributed by atoms with van der Waals surface area (Å²) in [5.41, 5.74) is 1.22. The summed E-state index contributed by atoms with van der Waals surface area (Å²) in [6, 6.07) is 6.65. The van der Waals surface area contributed by atoms with Gasteiger partial charge < -0.3 is 8.23 Å². The summed E-state index contributed by atoms with van der Waals surface area (Å²) in [7, 11) is -3.26. The minimum Gasteiger partial charge on any atom is -0.452 e. The fourth-order valence-electron chi connectivity index (χ4n) is 2.81. The molecule has 0 amide bonds. The molecule has 0 aliphatic rings. The molecule has 0 N–H and O–H groups in total. The molecule has 0 saturated carbocycles. The molecule has 4 radical (unpaired) electrons. The van der Waals surface area contributed by atoms with Gasteiger partial charge in [-0.3, -0.25) is 4.99 Å². The molecule has 7 heteroatoms. The van der Waals surface area contributed by atoms with Gasteiger partial charge in [-0.15, -0.1) is 0 Å². The topological polar surface area (TPSA) is 30.8 Å². The lowest BCUT2D eigenvalue weighted by molar-refractivity contribution is 0.547. The fourth-order valence-corrected chi connectivity index (χ4v) is 12.8. The van der Waals surface area contributed by atoms with E-state index in [0.29, 0.717) is 19.5 Å². The monoisotopic (exact) mass is 463 g/mol. The first kappa shape index (κ1) is 26.7. The summed E-state index contributed by atoms with van der Waals surface area (Å²) in [5.74, 6) is 0. The molecule has 0 heterocycles. The Bertz CT molecular complexity index is 689. The van der Waals surface area contributed by atoms with Crippen LogP contribution in [0.1, 0.15) is 60.5 Å². The predicted molar refractivity (Wildman–Crippen MR) is 137 cm³/mol. The van der Waals surface area contributed by atoms with Crippen molar-refractivity contribution in [3.05, 3.63) is 23.8 Å². The van der Waals surface area contributed by atoms with Crippen LogP contribution in [0.15, 0.2) is 23.2 Å². The van der Waals surface area contributed by atoms with Crippen LogP contribution in [0.4, 0.5) is 0 Å². The summed E-state index contributed by atoms with van der Waals surface area (Å²) in [4.78, 5) is 4.67. The van der Waals surface area contributed by atoms with Crippen LogP contribution >= 0.6 is 0 Å². The molecule has 1 aromatic rings. The molecule has 0 aliphatic carbocycles. The van der Waals surface area contributed by atoms with Crippen molar-refractivity contribution in [2.75, 3.05) is 6.54 Å². The van der Waals surface area contributed by atoms with Crippen LogP contribution < -0.4 is 10.4 Å². The lowest BCUT2D eigenvalue weighted by atomic mass is 10.2. The summed E-state index contributed by atoms with van der Waals surface area (Å²) >= 11 is 0. The Labute approximate surface area is 187 Å². The average molecular weight is 464 g/mol. The first-order valence-corrected chi connectivity index (χ1v) is 18.3.